The lowest BCUT2D eigenvalue weighted by molar-refractivity contribution is 0.673. The van der Waals surface area contributed by atoms with E-state index in [0.29, 0.717) is 0 Å². The van der Waals surface area contributed by atoms with E-state index in [1.54, 1.807) is 0 Å². The number of hydrogen-bond donors (Lipinski definition) is 1. The van der Waals surface area contributed by atoms with Crippen LogP contribution in [0.3, 0.4) is 0 Å². The molecular formula is C56H37NO. The van der Waals surface area contributed by atoms with Crippen LogP contribution in [0.4, 0.5) is 11.4 Å². The third-order valence-electron chi connectivity index (χ3n) is 11.5. The highest BCUT2D eigenvalue weighted by atomic mass is 16.3. The van der Waals surface area contributed by atoms with Gasteiger partial charge in [0.15, 0.2) is 0 Å². The van der Waals surface area contributed by atoms with Crippen molar-refractivity contribution in [3.63, 3.8) is 0 Å². The fourth-order valence-electron chi connectivity index (χ4n) is 8.62. The minimum absolute atomic E-state index is 0.880. The Labute approximate surface area is 337 Å². The molecule has 10 aromatic carbocycles. The van der Waals surface area contributed by atoms with Gasteiger partial charge >= 0.3 is 0 Å². The van der Waals surface area contributed by atoms with E-state index in [4.69, 9.17) is 4.42 Å². The van der Waals surface area contributed by atoms with Gasteiger partial charge in [-0.1, -0.05) is 182 Å². The largest absolute Gasteiger partial charge is 0.455 e. The molecule has 0 aliphatic carbocycles. The summed E-state index contributed by atoms with van der Waals surface area (Å²) >= 11 is 0. The Morgan fingerprint density at radius 1 is 0.310 bits per heavy atom. The summed E-state index contributed by atoms with van der Waals surface area (Å²) in [7, 11) is 0. The molecule has 11 aromatic rings. The molecule has 2 nitrogen and oxygen atoms in total. The number of hydrogen-bond acceptors (Lipinski definition) is 2. The topological polar surface area (TPSA) is 25.2 Å². The van der Waals surface area contributed by atoms with Crippen molar-refractivity contribution in [3.05, 3.63) is 218 Å². The molecular weight excluding hydrogens is 703 g/mol. The van der Waals surface area contributed by atoms with Gasteiger partial charge in [-0.15, -0.1) is 0 Å². The van der Waals surface area contributed by atoms with Crippen molar-refractivity contribution in [2.24, 2.45) is 0 Å². The summed E-state index contributed by atoms with van der Waals surface area (Å²) < 4.78 is 6.81. The van der Waals surface area contributed by atoms with Gasteiger partial charge in [-0.25, -0.2) is 0 Å². The molecule has 1 N–H and O–H groups in total. The molecule has 1 heterocycles. The fourth-order valence-corrected chi connectivity index (χ4v) is 8.62. The Morgan fingerprint density at radius 2 is 0.897 bits per heavy atom. The van der Waals surface area contributed by atoms with Gasteiger partial charge < -0.3 is 9.73 Å². The second-order valence-corrected chi connectivity index (χ2v) is 14.9. The summed E-state index contributed by atoms with van der Waals surface area (Å²) in [5.41, 5.74) is 15.6. The van der Waals surface area contributed by atoms with E-state index < -0.39 is 0 Å². The molecule has 0 saturated heterocycles. The first kappa shape index (κ1) is 33.6. The predicted octanol–water partition coefficient (Wildman–Crippen LogP) is 16.0. The standard InChI is InChI=1S/C56H37NO/c1-2-13-37(14-3-1)39-25-28-41(29-26-39)45-17-6-7-18-46(45)47-21-12-22-49-51(47)36-52(55-50-20-9-11-24-54(50)58-56(49)55)48-19-8-10-23-53(48)57-44-33-31-40(32-34-44)43-30-27-38-15-4-5-16-42(38)35-43/h1-36,57H. The van der Waals surface area contributed by atoms with Crippen molar-refractivity contribution in [2.75, 3.05) is 5.32 Å². The zero-order valence-electron chi connectivity index (χ0n) is 31.7. The van der Waals surface area contributed by atoms with Crippen LogP contribution in [0.2, 0.25) is 0 Å². The Kier molecular flexibility index (Phi) is 8.19. The number of benzene rings is 10. The quantitative estimate of drug-likeness (QED) is 0.176. The van der Waals surface area contributed by atoms with Crippen LogP contribution >= 0.6 is 0 Å². The lowest BCUT2D eigenvalue weighted by Gasteiger charge is -2.17. The fraction of sp³-hybridized carbons (Fsp3) is 0. The number of furan rings is 1. The van der Waals surface area contributed by atoms with Gasteiger partial charge in [-0.2, -0.15) is 0 Å². The molecule has 0 bridgehead atoms. The molecule has 0 spiro atoms. The van der Waals surface area contributed by atoms with E-state index in [2.05, 4.69) is 224 Å². The molecule has 0 aliphatic heterocycles. The zero-order valence-corrected chi connectivity index (χ0v) is 31.7. The second-order valence-electron chi connectivity index (χ2n) is 14.9. The first-order chi connectivity index (χ1) is 28.7. The average Bonchev–Trinajstić information content (AvgIpc) is 3.70. The normalized spacial score (nSPS) is 11.4. The number of nitrogens with one attached hydrogen (secondary N) is 1. The first-order valence-corrected chi connectivity index (χ1v) is 19.8. The Morgan fingerprint density at radius 3 is 1.74 bits per heavy atom. The highest BCUT2D eigenvalue weighted by molar-refractivity contribution is 6.24. The minimum Gasteiger partial charge on any atom is -0.455 e. The van der Waals surface area contributed by atoms with E-state index in [0.717, 1.165) is 55.2 Å². The number of rotatable bonds is 7. The van der Waals surface area contributed by atoms with Gasteiger partial charge in [-0.3, -0.25) is 0 Å². The SMILES string of the molecule is c1ccc(-c2ccc(-c3ccccc3-c3cccc4c3cc(-c3ccccc3Nc3ccc(-c5ccc6ccccc6c5)cc3)c3c5ccccc5oc43)cc2)cc1. The summed E-state index contributed by atoms with van der Waals surface area (Å²) in [6, 6.07) is 78.2. The van der Waals surface area contributed by atoms with Crippen LogP contribution in [0.25, 0.3) is 99.1 Å². The summed E-state index contributed by atoms with van der Waals surface area (Å²) in [6.07, 6.45) is 0. The molecule has 0 aliphatic rings. The molecule has 0 amide bonds. The van der Waals surface area contributed by atoms with E-state index in [1.165, 1.54) is 55.3 Å². The van der Waals surface area contributed by atoms with Gasteiger partial charge in [0, 0.05) is 33.1 Å². The summed E-state index contributed by atoms with van der Waals surface area (Å²) in [5.74, 6) is 0. The Bertz CT molecular complexity index is 3280. The highest BCUT2D eigenvalue weighted by Gasteiger charge is 2.21. The predicted molar refractivity (Wildman–Crippen MR) is 246 cm³/mol. The van der Waals surface area contributed by atoms with Gasteiger partial charge in [0.2, 0.25) is 0 Å². The van der Waals surface area contributed by atoms with Gasteiger partial charge in [0.1, 0.15) is 11.2 Å². The molecule has 2 heteroatoms. The molecule has 272 valence electrons. The van der Waals surface area contributed by atoms with Crippen molar-refractivity contribution in [1.82, 2.24) is 0 Å². The smallest absolute Gasteiger partial charge is 0.143 e. The lowest BCUT2D eigenvalue weighted by atomic mass is 9.88. The highest BCUT2D eigenvalue weighted by Crippen LogP contribution is 2.46. The maximum absolute atomic E-state index is 6.81. The molecule has 0 fully saturated rings. The van der Waals surface area contributed by atoms with E-state index in [-0.39, 0.29) is 0 Å². The van der Waals surface area contributed by atoms with Crippen molar-refractivity contribution < 1.29 is 4.42 Å². The zero-order chi connectivity index (χ0) is 38.4. The number of para-hydroxylation sites is 2. The van der Waals surface area contributed by atoms with Crippen LogP contribution in [0.1, 0.15) is 0 Å². The van der Waals surface area contributed by atoms with Gasteiger partial charge in [-0.05, 0) is 103 Å². The number of fused-ring (bicyclic) bond motifs is 6. The molecule has 0 unspecified atom stereocenters. The maximum Gasteiger partial charge on any atom is 0.143 e. The third-order valence-corrected chi connectivity index (χ3v) is 11.5. The van der Waals surface area contributed by atoms with Crippen LogP contribution in [-0.2, 0) is 0 Å². The third kappa shape index (κ3) is 5.91. The number of anilines is 2. The second kappa shape index (κ2) is 14.1. The molecule has 0 atom stereocenters. The molecule has 1 aromatic heterocycles. The van der Waals surface area contributed by atoms with Gasteiger partial charge in [0.05, 0.1) is 0 Å². The van der Waals surface area contributed by atoms with Crippen molar-refractivity contribution >= 4 is 54.9 Å². The summed E-state index contributed by atoms with van der Waals surface area (Å²) in [5, 5.41) is 10.7. The minimum atomic E-state index is 0.880. The van der Waals surface area contributed by atoms with Crippen LogP contribution in [0.15, 0.2) is 223 Å². The molecule has 0 saturated carbocycles. The van der Waals surface area contributed by atoms with Gasteiger partial charge in [0.25, 0.3) is 0 Å². The van der Waals surface area contributed by atoms with Crippen LogP contribution in [-0.4, -0.2) is 0 Å². The van der Waals surface area contributed by atoms with Crippen molar-refractivity contribution in [1.29, 1.82) is 0 Å². The average molecular weight is 740 g/mol. The van der Waals surface area contributed by atoms with Crippen LogP contribution < -0.4 is 5.32 Å². The monoisotopic (exact) mass is 739 g/mol. The van der Waals surface area contributed by atoms with Crippen molar-refractivity contribution in [2.45, 2.75) is 0 Å². The van der Waals surface area contributed by atoms with E-state index >= 15 is 0 Å². The van der Waals surface area contributed by atoms with E-state index in [9.17, 15) is 0 Å². The first-order valence-electron chi connectivity index (χ1n) is 19.8. The Hall–Kier alpha value is -7.68. The molecule has 58 heavy (non-hydrogen) atoms. The van der Waals surface area contributed by atoms with Crippen molar-refractivity contribution in [3.8, 4) is 55.6 Å². The van der Waals surface area contributed by atoms with Crippen LogP contribution in [0, 0.1) is 0 Å². The Balaban J connectivity index is 1.04. The van der Waals surface area contributed by atoms with Crippen LogP contribution in [0.5, 0.6) is 0 Å². The summed E-state index contributed by atoms with van der Waals surface area (Å²) in [4.78, 5) is 0. The maximum atomic E-state index is 6.81. The summed E-state index contributed by atoms with van der Waals surface area (Å²) in [6.45, 7) is 0. The van der Waals surface area contributed by atoms with E-state index in [1.807, 2.05) is 0 Å². The molecule has 0 radical (unpaired) electrons. The lowest BCUT2D eigenvalue weighted by Crippen LogP contribution is -1.94. The molecule has 11 rings (SSSR count).